The molecular formula is C12H20N2S. The van der Waals surface area contributed by atoms with Gasteiger partial charge < -0.3 is 5.73 Å². The van der Waals surface area contributed by atoms with E-state index in [2.05, 4.69) is 25.8 Å². The van der Waals surface area contributed by atoms with E-state index in [0.717, 1.165) is 10.7 Å². The van der Waals surface area contributed by atoms with Crippen LogP contribution in [0, 0.1) is 19.3 Å². The lowest BCUT2D eigenvalue weighted by Gasteiger charge is -2.30. The maximum Gasteiger partial charge on any atom is 0.0900 e. The minimum absolute atomic E-state index is 0.130. The van der Waals surface area contributed by atoms with Gasteiger partial charge in [-0.3, -0.25) is 0 Å². The van der Waals surface area contributed by atoms with Gasteiger partial charge in [-0.2, -0.15) is 0 Å². The molecule has 1 atom stereocenters. The van der Waals surface area contributed by atoms with Crippen LogP contribution in [0.15, 0.2) is 0 Å². The Hall–Kier alpha value is -0.410. The molecule has 2 nitrogen and oxygen atoms in total. The van der Waals surface area contributed by atoms with Gasteiger partial charge >= 0.3 is 0 Å². The zero-order valence-corrected chi connectivity index (χ0v) is 10.7. The highest BCUT2D eigenvalue weighted by Gasteiger charge is 2.37. The smallest absolute Gasteiger partial charge is 0.0900 e. The second kappa shape index (κ2) is 3.87. The van der Waals surface area contributed by atoms with Gasteiger partial charge in [-0.25, -0.2) is 4.98 Å². The molecule has 1 aliphatic rings. The quantitative estimate of drug-likeness (QED) is 0.836. The monoisotopic (exact) mass is 224 g/mol. The molecule has 1 heterocycles. The lowest BCUT2D eigenvalue weighted by molar-refractivity contribution is 0.261. The average molecular weight is 224 g/mol. The van der Waals surface area contributed by atoms with E-state index in [1.807, 2.05) is 0 Å². The number of nitrogens with zero attached hydrogens (tertiary/aromatic N) is 1. The van der Waals surface area contributed by atoms with Crippen molar-refractivity contribution in [3.8, 4) is 0 Å². The van der Waals surface area contributed by atoms with Crippen molar-refractivity contribution in [2.75, 3.05) is 0 Å². The van der Waals surface area contributed by atoms with E-state index in [1.165, 1.54) is 30.6 Å². The van der Waals surface area contributed by atoms with Crippen LogP contribution in [0.5, 0.6) is 0 Å². The maximum absolute atomic E-state index is 6.39. The van der Waals surface area contributed by atoms with E-state index < -0.39 is 0 Å². The molecule has 0 spiro atoms. The highest BCUT2D eigenvalue weighted by atomic mass is 32.1. The van der Waals surface area contributed by atoms with Crippen LogP contribution in [0.1, 0.15) is 54.2 Å². The van der Waals surface area contributed by atoms with Gasteiger partial charge in [-0.05, 0) is 32.1 Å². The van der Waals surface area contributed by atoms with E-state index in [9.17, 15) is 0 Å². The number of thiazole rings is 1. The van der Waals surface area contributed by atoms with E-state index in [-0.39, 0.29) is 11.5 Å². The molecule has 0 bridgehead atoms. The summed E-state index contributed by atoms with van der Waals surface area (Å²) in [5.74, 6) is 0. The summed E-state index contributed by atoms with van der Waals surface area (Å²) in [5.41, 5.74) is 7.82. The Labute approximate surface area is 95.9 Å². The first kappa shape index (κ1) is 11.1. The van der Waals surface area contributed by atoms with Gasteiger partial charge in [-0.15, -0.1) is 11.3 Å². The van der Waals surface area contributed by atoms with Crippen molar-refractivity contribution in [2.45, 2.75) is 52.5 Å². The van der Waals surface area contributed by atoms with Crippen LogP contribution < -0.4 is 5.73 Å². The van der Waals surface area contributed by atoms with Crippen LogP contribution in [0.2, 0.25) is 0 Å². The molecule has 1 saturated carbocycles. The zero-order valence-electron chi connectivity index (χ0n) is 9.84. The van der Waals surface area contributed by atoms with Crippen molar-refractivity contribution in [3.05, 3.63) is 15.6 Å². The predicted molar refractivity (Wildman–Crippen MR) is 65.1 cm³/mol. The van der Waals surface area contributed by atoms with Crippen LogP contribution in [0.4, 0.5) is 0 Å². The Kier molecular flexibility index (Phi) is 2.86. The molecule has 0 saturated heterocycles. The Balaban J connectivity index is 2.27. The topological polar surface area (TPSA) is 38.9 Å². The van der Waals surface area contributed by atoms with E-state index in [4.69, 9.17) is 5.73 Å². The fourth-order valence-electron chi connectivity index (χ4n) is 2.66. The third kappa shape index (κ3) is 1.95. The first-order chi connectivity index (χ1) is 7.03. The molecule has 0 amide bonds. The molecule has 1 aliphatic carbocycles. The maximum atomic E-state index is 6.39. The van der Waals surface area contributed by atoms with Crippen LogP contribution in [0.3, 0.4) is 0 Å². The van der Waals surface area contributed by atoms with Crippen LogP contribution in [-0.4, -0.2) is 4.98 Å². The molecular weight excluding hydrogens is 204 g/mol. The largest absolute Gasteiger partial charge is 0.322 e. The number of hydrogen-bond acceptors (Lipinski definition) is 3. The summed E-state index contributed by atoms with van der Waals surface area (Å²) < 4.78 is 0. The van der Waals surface area contributed by atoms with Gasteiger partial charge in [0, 0.05) is 4.88 Å². The molecule has 1 aromatic heterocycles. The van der Waals surface area contributed by atoms with Gasteiger partial charge in [0.05, 0.1) is 16.7 Å². The van der Waals surface area contributed by atoms with Crippen molar-refractivity contribution in [3.63, 3.8) is 0 Å². The molecule has 1 unspecified atom stereocenters. The number of aromatic nitrogens is 1. The summed E-state index contributed by atoms with van der Waals surface area (Å²) in [7, 11) is 0. The van der Waals surface area contributed by atoms with Crippen LogP contribution in [0.25, 0.3) is 0 Å². The third-order valence-electron chi connectivity index (χ3n) is 3.73. The molecule has 84 valence electrons. The van der Waals surface area contributed by atoms with E-state index >= 15 is 0 Å². The fraction of sp³-hybridized carbons (Fsp3) is 0.750. The molecule has 2 rings (SSSR count). The Morgan fingerprint density at radius 2 is 1.93 bits per heavy atom. The van der Waals surface area contributed by atoms with E-state index in [1.54, 1.807) is 11.3 Å². The minimum Gasteiger partial charge on any atom is -0.322 e. The number of aryl methyl sites for hydroxylation is 2. The molecule has 1 fully saturated rings. The molecule has 3 heteroatoms. The highest BCUT2D eigenvalue weighted by Crippen LogP contribution is 2.46. The van der Waals surface area contributed by atoms with Gasteiger partial charge in [-0.1, -0.05) is 19.8 Å². The summed E-state index contributed by atoms with van der Waals surface area (Å²) in [6.07, 6.45) is 5.16. The number of nitrogens with two attached hydrogens (primary N) is 1. The molecule has 15 heavy (non-hydrogen) atoms. The lowest BCUT2D eigenvalue weighted by Crippen LogP contribution is -2.30. The summed E-state index contributed by atoms with van der Waals surface area (Å²) in [4.78, 5) is 5.89. The second-order valence-corrected chi connectivity index (χ2v) is 6.42. The number of hydrogen-bond donors (Lipinski definition) is 1. The van der Waals surface area contributed by atoms with Crippen LogP contribution >= 0.6 is 11.3 Å². The van der Waals surface area contributed by atoms with Crippen molar-refractivity contribution in [1.82, 2.24) is 4.98 Å². The standard InChI is InChI=1S/C12H20N2S/c1-8-10(14-9(2)15-8)11(13)12(3)6-4-5-7-12/h11H,4-7,13H2,1-3H3. The Bertz CT molecular complexity index is 351. The molecule has 0 aliphatic heterocycles. The average Bonchev–Trinajstić information content (AvgIpc) is 2.73. The Morgan fingerprint density at radius 1 is 1.33 bits per heavy atom. The van der Waals surface area contributed by atoms with Crippen molar-refractivity contribution < 1.29 is 0 Å². The summed E-state index contributed by atoms with van der Waals surface area (Å²) in [6, 6.07) is 0.130. The van der Waals surface area contributed by atoms with Gasteiger partial charge in [0.15, 0.2) is 0 Å². The van der Waals surface area contributed by atoms with Crippen molar-refractivity contribution >= 4 is 11.3 Å². The normalized spacial score (nSPS) is 21.9. The Morgan fingerprint density at radius 3 is 2.40 bits per heavy atom. The highest BCUT2D eigenvalue weighted by molar-refractivity contribution is 7.11. The first-order valence-electron chi connectivity index (χ1n) is 5.72. The molecule has 0 aromatic carbocycles. The van der Waals surface area contributed by atoms with Gasteiger partial charge in [0.1, 0.15) is 0 Å². The molecule has 0 radical (unpaired) electrons. The number of rotatable bonds is 2. The summed E-state index contributed by atoms with van der Waals surface area (Å²) in [6.45, 7) is 6.52. The molecule has 1 aromatic rings. The van der Waals surface area contributed by atoms with Gasteiger partial charge in [0.2, 0.25) is 0 Å². The summed E-state index contributed by atoms with van der Waals surface area (Å²) in [5, 5.41) is 1.14. The van der Waals surface area contributed by atoms with E-state index in [0.29, 0.717) is 0 Å². The first-order valence-corrected chi connectivity index (χ1v) is 6.54. The molecule has 2 N–H and O–H groups in total. The lowest BCUT2D eigenvalue weighted by atomic mass is 9.79. The third-order valence-corrected chi connectivity index (χ3v) is 4.63. The predicted octanol–water partition coefficient (Wildman–Crippen LogP) is 3.34. The zero-order chi connectivity index (χ0) is 11.1. The van der Waals surface area contributed by atoms with Crippen molar-refractivity contribution in [2.24, 2.45) is 11.1 Å². The summed E-state index contributed by atoms with van der Waals surface area (Å²) >= 11 is 1.76. The second-order valence-electron chi connectivity index (χ2n) is 5.01. The van der Waals surface area contributed by atoms with Crippen LogP contribution in [-0.2, 0) is 0 Å². The SMILES string of the molecule is Cc1nc(C(N)C2(C)CCCC2)c(C)s1. The van der Waals surface area contributed by atoms with Gasteiger partial charge in [0.25, 0.3) is 0 Å². The van der Waals surface area contributed by atoms with Crippen molar-refractivity contribution in [1.29, 1.82) is 0 Å². The minimum atomic E-state index is 0.130. The fourth-order valence-corrected chi connectivity index (χ4v) is 3.52.